The SMILES string of the molecule is CCCNCC(OC(C)COCC)c1ccc(OC)cc1. The van der Waals surface area contributed by atoms with Crippen LogP contribution in [0.4, 0.5) is 0 Å². The quantitative estimate of drug-likeness (QED) is 0.637. The van der Waals surface area contributed by atoms with Gasteiger partial charge >= 0.3 is 0 Å². The van der Waals surface area contributed by atoms with Gasteiger partial charge in [0.1, 0.15) is 5.75 Å². The molecule has 0 spiro atoms. The van der Waals surface area contributed by atoms with Crippen molar-refractivity contribution in [3.63, 3.8) is 0 Å². The van der Waals surface area contributed by atoms with Crippen LogP contribution in [0, 0.1) is 0 Å². The molecule has 4 nitrogen and oxygen atoms in total. The summed E-state index contributed by atoms with van der Waals surface area (Å²) in [4.78, 5) is 0. The molecular weight excluding hydrogens is 266 g/mol. The smallest absolute Gasteiger partial charge is 0.118 e. The predicted molar refractivity (Wildman–Crippen MR) is 85.9 cm³/mol. The zero-order valence-corrected chi connectivity index (χ0v) is 13.7. The Kier molecular flexibility index (Phi) is 9.06. The molecule has 0 aromatic heterocycles. The van der Waals surface area contributed by atoms with Crippen molar-refractivity contribution >= 4 is 0 Å². The van der Waals surface area contributed by atoms with Crippen molar-refractivity contribution < 1.29 is 14.2 Å². The van der Waals surface area contributed by atoms with Crippen LogP contribution in [0.15, 0.2) is 24.3 Å². The molecule has 0 saturated carbocycles. The molecule has 1 aromatic rings. The van der Waals surface area contributed by atoms with E-state index in [1.54, 1.807) is 7.11 Å². The molecule has 0 heterocycles. The lowest BCUT2D eigenvalue weighted by Crippen LogP contribution is -2.28. The third-order valence-corrected chi connectivity index (χ3v) is 3.20. The maximum atomic E-state index is 6.13. The van der Waals surface area contributed by atoms with Crippen LogP contribution in [0.25, 0.3) is 0 Å². The second-order valence-corrected chi connectivity index (χ2v) is 5.07. The van der Waals surface area contributed by atoms with Gasteiger partial charge in [-0.25, -0.2) is 0 Å². The van der Waals surface area contributed by atoms with E-state index in [-0.39, 0.29) is 12.2 Å². The van der Waals surface area contributed by atoms with Crippen molar-refractivity contribution in [3.8, 4) is 5.75 Å². The number of hydrogen-bond acceptors (Lipinski definition) is 4. The fourth-order valence-electron chi connectivity index (χ4n) is 2.08. The first-order chi connectivity index (χ1) is 10.2. The third kappa shape index (κ3) is 6.93. The molecule has 0 amide bonds. The van der Waals surface area contributed by atoms with Crippen LogP contribution in [-0.4, -0.2) is 39.5 Å². The van der Waals surface area contributed by atoms with E-state index < -0.39 is 0 Å². The molecule has 1 rings (SSSR count). The minimum absolute atomic E-state index is 0.0258. The van der Waals surface area contributed by atoms with E-state index in [0.717, 1.165) is 37.4 Å². The van der Waals surface area contributed by atoms with Crippen molar-refractivity contribution in [2.45, 2.75) is 39.4 Å². The standard InChI is InChI=1S/C17H29NO3/c1-5-11-18-12-17(21-14(3)13-20-6-2)15-7-9-16(19-4)10-8-15/h7-10,14,17-18H,5-6,11-13H2,1-4H3. The van der Waals surface area contributed by atoms with Gasteiger partial charge in [0, 0.05) is 13.2 Å². The van der Waals surface area contributed by atoms with Gasteiger partial charge in [-0.15, -0.1) is 0 Å². The summed E-state index contributed by atoms with van der Waals surface area (Å²) in [5, 5.41) is 3.43. The number of ether oxygens (including phenoxy) is 3. The Morgan fingerprint density at radius 3 is 2.43 bits per heavy atom. The molecule has 0 aliphatic heterocycles. The molecule has 2 unspecified atom stereocenters. The van der Waals surface area contributed by atoms with Gasteiger partial charge in [-0.3, -0.25) is 0 Å². The highest BCUT2D eigenvalue weighted by Crippen LogP contribution is 2.21. The number of nitrogens with one attached hydrogen (secondary N) is 1. The van der Waals surface area contributed by atoms with E-state index in [9.17, 15) is 0 Å². The molecule has 2 atom stereocenters. The second kappa shape index (κ2) is 10.6. The summed E-state index contributed by atoms with van der Waals surface area (Å²) in [5.74, 6) is 0.862. The summed E-state index contributed by atoms with van der Waals surface area (Å²) in [6, 6.07) is 8.06. The zero-order valence-electron chi connectivity index (χ0n) is 13.7. The molecule has 0 aliphatic rings. The zero-order chi connectivity index (χ0) is 15.5. The Labute approximate surface area is 128 Å². The lowest BCUT2D eigenvalue weighted by Gasteiger charge is -2.23. The van der Waals surface area contributed by atoms with Gasteiger partial charge in [-0.05, 0) is 44.5 Å². The molecule has 0 bridgehead atoms. The number of hydrogen-bond donors (Lipinski definition) is 1. The van der Waals surface area contributed by atoms with Crippen molar-refractivity contribution in [2.24, 2.45) is 0 Å². The maximum absolute atomic E-state index is 6.13. The van der Waals surface area contributed by atoms with E-state index in [1.165, 1.54) is 0 Å². The molecule has 0 radical (unpaired) electrons. The fraction of sp³-hybridized carbons (Fsp3) is 0.647. The molecule has 1 aromatic carbocycles. The van der Waals surface area contributed by atoms with Crippen molar-refractivity contribution in [3.05, 3.63) is 29.8 Å². The maximum Gasteiger partial charge on any atom is 0.118 e. The molecule has 120 valence electrons. The highest BCUT2D eigenvalue weighted by atomic mass is 16.5. The van der Waals surface area contributed by atoms with Gasteiger partial charge in [0.25, 0.3) is 0 Å². The summed E-state index contributed by atoms with van der Waals surface area (Å²) >= 11 is 0. The fourth-order valence-corrected chi connectivity index (χ4v) is 2.08. The molecule has 4 heteroatoms. The second-order valence-electron chi connectivity index (χ2n) is 5.07. The first-order valence-electron chi connectivity index (χ1n) is 7.79. The predicted octanol–water partition coefficient (Wildman–Crippen LogP) is 3.18. The number of rotatable bonds is 11. The number of benzene rings is 1. The van der Waals surface area contributed by atoms with Crippen LogP contribution in [0.3, 0.4) is 0 Å². The first kappa shape index (κ1) is 18.0. The van der Waals surface area contributed by atoms with Gasteiger partial charge < -0.3 is 19.5 Å². The third-order valence-electron chi connectivity index (χ3n) is 3.20. The molecule has 0 aliphatic carbocycles. The van der Waals surface area contributed by atoms with Gasteiger partial charge in [-0.2, -0.15) is 0 Å². The Morgan fingerprint density at radius 1 is 1.14 bits per heavy atom. The minimum atomic E-state index is 0.0258. The summed E-state index contributed by atoms with van der Waals surface area (Å²) < 4.78 is 16.8. The van der Waals surface area contributed by atoms with E-state index in [2.05, 4.69) is 24.4 Å². The average Bonchev–Trinajstić information content (AvgIpc) is 2.52. The Bertz CT molecular complexity index is 367. The van der Waals surface area contributed by atoms with E-state index in [4.69, 9.17) is 14.2 Å². The largest absolute Gasteiger partial charge is 0.497 e. The van der Waals surface area contributed by atoms with Crippen LogP contribution in [0.2, 0.25) is 0 Å². The highest BCUT2D eigenvalue weighted by molar-refractivity contribution is 5.28. The minimum Gasteiger partial charge on any atom is -0.497 e. The lowest BCUT2D eigenvalue weighted by molar-refractivity contribution is -0.0469. The van der Waals surface area contributed by atoms with Crippen molar-refractivity contribution in [1.29, 1.82) is 0 Å². The van der Waals surface area contributed by atoms with Crippen LogP contribution >= 0.6 is 0 Å². The van der Waals surface area contributed by atoms with Gasteiger partial charge in [-0.1, -0.05) is 19.1 Å². The first-order valence-corrected chi connectivity index (χ1v) is 7.79. The molecular formula is C17H29NO3. The van der Waals surface area contributed by atoms with E-state index in [1.807, 2.05) is 26.0 Å². The summed E-state index contributed by atoms with van der Waals surface area (Å²) in [6.45, 7) is 9.34. The summed E-state index contributed by atoms with van der Waals surface area (Å²) in [7, 11) is 1.68. The van der Waals surface area contributed by atoms with Crippen LogP contribution in [-0.2, 0) is 9.47 Å². The Morgan fingerprint density at radius 2 is 1.86 bits per heavy atom. The summed E-state index contributed by atoms with van der Waals surface area (Å²) in [6.07, 6.45) is 1.21. The van der Waals surface area contributed by atoms with Crippen LogP contribution < -0.4 is 10.1 Å². The summed E-state index contributed by atoms with van der Waals surface area (Å²) in [5.41, 5.74) is 1.16. The highest BCUT2D eigenvalue weighted by Gasteiger charge is 2.15. The Balaban J connectivity index is 2.65. The van der Waals surface area contributed by atoms with Crippen LogP contribution in [0.1, 0.15) is 38.9 Å². The number of methoxy groups -OCH3 is 1. The van der Waals surface area contributed by atoms with Gasteiger partial charge in [0.2, 0.25) is 0 Å². The normalized spacial score (nSPS) is 13.9. The molecule has 0 saturated heterocycles. The van der Waals surface area contributed by atoms with Crippen LogP contribution in [0.5, 0.6) is 5.75 Å². The van der Waals surface area contributed by atoms with E-state index in [0.29, 0.717) is 6.61 Å². The van der Waals surface area contributed by atoms with E-state index >= 15 is 0 Å². The van der Waals surface area contributed by atoms with Crippen molar-refractivity contribution in [2.75, 3.05) is 33.4 Å². The topological polar surface area (TPSA) is 39.7 Å². The molecule has 21 heavy (non-hydrogen) atoms. The van der Waals surface area contributed by atoms with Crippen molar-refractivity contribution in [1.82, 2.24) is 5.32 Å². The monoisotopic (exact) mass is 295 g/mol. The lowest BCUT2D eigenvalue weighted by atomic mass is 10.1. The molecule has 1 N–H and O–H groups in total. The van der Waals surface area contributed by atoms with Gasteiger partial charge in [0.15, 0.2) is 0 Å². The average molecular weight is 295 g/mol. The molecule has 0 fully saturated rings. The Hall–Kier alpha value is -1.10. The van der Waals surface area contributed by atoms with Gasteiger partial charge in [0.05, 0.1) is 25.9 Å².